The number of phenolic OH excluding ortho intramolecular Hbond substituents is 1. The Morgan fingerprint density at radius 1 is 1.08 bits per heavy atom. The fourth-order valence-electron chi connectivity index (χ4n) is 2.91. The molecule has 0 bridgehead atoms. The van der Waals surface area contributed by atoms with Crippen LogP contribution in [0.5, 0.6) is 5.75 Å². The van der Waals surface area contributed by atoms with Crippen molar-refractivity contribution in [3.8, 4) is 18.1 Å². The van der Waals surface area contributed by atoms with Gasteiger partial charge in [0.1, 0.15) is 5.75 Å². The Hall–Kier alpha value is -3.07. The average molecular weight is 348 g/mol. The van der Waals surface area contributed by atoms with Gasteiger partial charge in [0.2, 0.25) is 5.56 Å². The molecule has 0 fully saturated rings. The fraction of sp³-hybridized carbons (Fsp3) is 0.190. The molecule has 0 saturated carbocycles. The lowest BCUT2D eigenvalue weighted by molar-refractivity contribution is 0.176. The third kappa shape index (κ3) is 3.94. The molecule has 1 atom stereocenters. The lowest BCUT2D eigenvalue weighted by Crippen LogP contribution is -2.21. The number of hydrogen-bond acceptors (Lipinski definition) is 4. The molecule has 0 saturated heterocycles. The van der Waals surface area contributed by atoms with Gasteiger partial charge < -0.3 is 20.5 Å². The van der Waals surface area contributed by atoms with Gasteiger partial charge in [-0.15, -0.1) is 12.3 Å². The maximum absolute atomic E-state index is 11.5. The summed E-state index contributed by atoms with van der Waals surface area (Å²) in [5.41, 5.74) is 2.87. The van der Waals surface area contributed by atoms with Crippen molar-refractivity contribution >= 4 is 10.9 Å². The van der Waals surface area contributed by atoms with Crippen molar-refractivity contribution in [2.45, 2.75) is 19.1 Å². The zero-order valence-corrected chi connectivity index (χ0v) is 14.2. The van der Waals surface area contributed by atoms with Gasteiger partial charge in [0.25, 0.3) is 0 Å². The second-order valence-corrected chi connectivity index (χ2v) is 6.13. The van der Waals surface area contributed by atoms with Crippen molar-refractivity contribution < 1.29 is 10.2 Å². The monoisotopic (exact) mass is 348 g/mol. The van der Waals surface area contributed by atoms with Gasteiger partial charge in [-0.3, -0.25) is 4.79 Å². The number of aromatic nitrogens is 1. The maximum Gasteiger partial charge on any atom is 0.248 e. The molecule has 0 radical (unpaired) electrons. The lowest BCUT2D eigenvalue weighted by Gasteiger charge is -2.15. The number of aromatic hydroxyl groups is 1. The van der Waals surface area contributed by atoms with Gasteiger partial charge in [-0.2, -0.15) is 0 Å². The van der Waals surface area contributed by atoms with E-state index in [1.165, 1.54) is 12.1 Å². The van der Waals surface area contributed by atoms with Crippen molar-refractivity contribution in [1.29, 1.82) is 0 Å². The predicted molar refractivity (Wildman–Crippen MR) is 102 cm³/mol. The van der Waals surface area contributed by atoms with E-state index in [1.807, 2.05) is 24.3 Å². The number of phenols is 1. The highest BCUT2D eigenvalue weighted by Gasteiger charge is 2.13. The molecule has 0 aliphatic heterocycles. The number of hydrogen-bond donors (Lipinski definition) is 4. The molecule has 0 spiro atoms. The Labute approximate surface area is 151 Å². The molecule has 4 N–H and O–H groups in total. The van der Waals surface area contributed by atoms with Crippen molar-refractivity contribution in [2.75, 3.05) is 6.54 Å². The van der Waals surface area contributed by atoms with Crippen LogP contribution < -0.4 is 10.9 Å². The highest BCUT2D eigenvalue weighted by Crippen LogP contribution is 2.28. The molecule has 1 aromatic heterocycles. The van der Waals surface area contributed by atoms with Crippen LogP contribution in [-0.2, 0) is 13.0 Å². The topological polar surface area (TPSA) is 85.3 Å². The summed E-state index contributed by atoms with van der Waals surface area (Å²) in [6.07, 6.45) is 5.14. The molecule has 1 unspecified atom stereocenters. The van der Waals surface area contributed by atoms with E-state index in [0.717, 1.165) is 11.1 Å². The van der Waals surface area contributed by atoms with Gasteiger partial charge >= 0.3 is 0 Å². The Morgan fingerprint density at radius 3 is 2.54 bits per heavy atom. The number of benzene rings is 2. The number of terminal acetylenes is 1. The molecule has 3 aromatic rings. The second-order valence-electron chi connectivity index (χ2n) is 6.13. The maximum atomic E-state index is 11.5. The predicted octanol–water partition coefficient (Wildman–Crippen LogP) is 2.23. The summed E-state index contributed by atoms with van der Waals surface area (Å²) in [7, 11) is 0. The molecule has 26 heavy (non-hydrogen) atoms. The average Bonchev–Trinajstić information content (AvgIpc) is 2.64. The molecule has 2 aromatic carbocycles. The molecule has 0 aliphatic carbocycles. The Bertz CT molecular complexity index is 1000. The zero-order chi connectivity index (χ0) is 18.5. The van der Waals surface area contributed by atoms with Crippen molar-refractivity contribution in [3.63, 3.8) is 0 Å². The summed E-state index contributed by atoms with van der Waals surface area (Å²) in [6, 6.07) is 14.1. The molecule has 1 heterocycles. The summed E-state index contributed by atoms with van der Waals surface area (Å²) >= 11 is 0. The Morgan fingerprint density at radius 2 is 1.81 bits per heavy atom. The van der Waals surface area contributed by atoms with E-state index in [0.29, 0.717) is 36.0 Å². The van der Waals surface area contributed by atoms with E-state index < -0.39 is 6.10 Å². The molecule has 5 nitrogen and oxygen atoms in total. The Balaban J connectivity index is 1.68. The van der Waals surface area contributed by atoms with E-state index >= 15 is 0 Å². The number of H-pyrrole nitrogens is 1. The van der Waals surface area contributed by atoms with Crippen LogP contribution in [0.1, 0.15) is 22.8 Å². The Kier molecular flexibility index (Phi) is 5.37. The first-order valence-corrected chi connectivity index (χ1v) is 8.33. The lowest BCUT2D eigenvalue weighted by atomic mass is 10.0. The number of nitrogens with one attached hydrogen (secondary N) is 2. The van der Waals surface area contributed by atoms with E-state index in [1.54, 1.807) is 12.1 Å². The van der Waals surface area contributed by atoms with Crippen molar-refractivity contribution in [1.82, 2.24) is 10.3 Å². The van der Waals surface area contributed by atoms with Gasteiger partial charge in [0.05, 0.1) is 11.6 Å². The quantitative estimate of drug-likeness (QED) is 0.515. The van der Waals surface area contributed by atoms with Crippen LogP contribution in [0, 0.1) is 12.3 Å². The first kappa shape index (κ1) is 17.7. The third-order valence-electron chi connectivity index (χ3n) is 4.26. The minimum absolute atomic E-state index is 0.0198. The second kappa shape index (κ2) is 7.87. The highest BCUT2D eigenvalue weighted by molar-refractivity contribution is 5.87. The van der Waals surface area contributed by atoms with Gasteiger partial charge in [-0.1, -0.05) is 30.3 Å². The van der Waals surface area contributed by atoms with Gasteiger partial charge in [-0.25, -0.2) is 0 Å². The van der Waals surface area contributed by atoms with Crippen LogP contribution in [0.3, 0.4) is 0 Å². The highest BCUT2D eigenvalue weighted by atomic mass is 16.3. The largest absolute Gasteiger partial charge is 0.506 e. The van der Waals surface area contributed by atoms with Crippen LogP contribution in [0.2, 0.25) is 0 Å². The van der Waals surface area contributed by atoms with Crippen LogP contribution in [-0.4, -0.2) is 21.7 Å². The molecule has 132 valence electrons. The normalized spacial score (nSPS) is 12.0. The number of aliphatic hydroxyl groups excluding tert-OH is 1. The third-order valence-corrected chi connectivity index (χ3v) is 4.26. The number of rotatable bonds is 6. The summed E-state index contributed by atoms with van der Waals surface area (Å²) in [5.74, 6) is 2.59. The minimum Gasteiger partial charge on any atom is -0.506 e. The summed E-state index contributed by atoms with van der Waals surface area (Å²) in [6.45, 7) is 0.950. The van der Waals surface area contributed by atoms with E-state index in [-0.39, 0.29) is 11.3 Å². The number of pyridine rings is 1. The molecule has 0 amide bonds. The first-order valence-electron chi connectivity index (χ1n) is 8.33. The van der Waals surface area contributed by atoms with Gasteiger partial charge in [0.15, 0.2) is 0 Å². The summed E-state index contributed by atoms with van der Waals surface area (Å²) in [4.78, 5) is 14.1. The smallest absolute Gasteiger partial charge is 0.248 e. The van der Waals surface area contributed by atoms with Crippen LogP contribution >= 0.6 is 0 Å². The number of fused-ring (bicyclic) bond motifs is 1. The number of aromatic amines is 1. The van der Waals surface area contributed by atoms with E-state index in [9.17, 15) is 15.0 Å². The van der Waals surface area contributed by atoms with Crippen LogP contribution in [0.4, 0.5) is 0 Å². The van der Waals surface area contributed by atoms with Crippen LogP contribution in [0.25, 0.3) is 10.9 Å². The molecule has 0 aliphatic rings. The zero-order valence-electron chi connectivity index (χ0n) is 14.2. The summed E-state index contributed by atoms with van der Waals surface area (Å²) < 4.78 is 0. The van der Waals surface area contributed by atoms with E-state index in [2.05, 4.69) is 16.2 Å². The number of aliphatic hydroxyl groups is 1. The van der Waals surface area contributed by atoms with Gasteiger partial charge in [-0.05, 0) is 28.8 Å². The standard InChI is InChI=1S/C21H20N2O3/c1-2-3-14-4-6-15(7-5-14)12-22-13-19(25)16-8-10-18(24)21-17(16)9-11-20(26)23-21/h1,4-11,19,22,24-25H,3,12-13H2,(H,23,26). The summed E-state index contributed by atoms with van der Waals surface area (Å²) in [5, 5.41) is 24.3. The first-order chi connectivity index (χ1) is 12.6. The van der Waals surface area contributed by atoms with Crippen molar-refractivity contribution in [2.24, 2.45) is 0 Å². The molecule has 5 heteroatoms. The molecular formula is C21H20N2O3. The minimum atomic E-state index is -0.773. The molecular weight excluding hydrogens is 328 g/mol. The van der Waals surface area contributed by atoms with Crippen LogP contribution in [0.15, 0.2) is 53.3 Å². The van der Waals surface area contributed by atoms with E-state index in [4.69, 9.17) is 6.42 Å². The molecule has 3 rings (SSSR count). The SMILES string of the molecule is C#CCc1ccc(CNCC(O)c2ccc(O)c3[nH]c(=O)ccc23)cc1. The van der Waals surface area contributed by atoms with Crippen molar-refractivity contribution in [3.05, 3.63) is 75.6 Å². The fourth-order valence-corrected chi connectivity index (χ4v) is 2.91. The van der Waals surface area contributed by atoms with Gasteiger partial charge in [0, 0.05) is 31.0 Å².